The average molecular weight is 337 g/mol. The van der Waals surface area contributed by atoms with Gasteiger partial charge < -0.3 is 4.98 Å². The van der Waals surface area contributed by atoms with Crippen molar-refractivity contribution in [2.45, 2.75) is 19.9 Å². The largest absolute Gasteiger partial charge is 0.310 e. The quantitative estimate of drug-likeness (QED) is 0.621. The fraction of sp³-hybridized carbons (Fsp3) is 0.176. The van der Waals surface area contributed by atoms with Gasteiger partial charge in [-0.3, -0.25) is 4.79 Å². The van der Waals surface area contributed by atoms with E-state index in [1.807, 2.05) is 37.3 Å². The SMILES string of the molecule is Cc1sc2nc(CCn3nccn3)[nH]c(=O)c2c1-c1ccccc1. The zero-order valence-electron chi connectivity index (χ0n) is 13.1. The van der Waals surface area contributed by atoms with E-state index >= 15 is 0 Å². The maximum Gasteiger partial charge on any atom is 0.260 e. The van der Waals surface area contributed by atoms with E-state index in [2.05, 4.69) is 20.2 Å². The zero-order chi connectivity index (χ0) is 16.5. The van der Waals surface area contributed by atoms with Gasteiger partial charge in [-0.05, 0) is 12.5 Å². The lowest BCUT2D eigenvalue weighted by atomic mass is 10.0. The van der Waals surface area contributed by atoms with Gasteiger partial charge >= 0.3 is 0 Å². The predicted molar refractivity (Wildman–Crippen MR) is 94.1 cm³/mol. The summed E-state index contributed by atoms with van der Waals surface area (Å²) in [6, 6.07) is 9.96. The number of aromatic nitrogens is 5. The van der Waals surface area contributed by atoms with Gasteiger partial charge in [-0.1, -0.05) is 30.3 Å². The lowest BCUT2D eigenvalue weighted by molar-refractivity contribution is 0.528. The number of aromatic amines is 1. The van der Waals surface area contributed by atoms with Gasteiger partial charge in [0.05, 0.1) is 24.3 Å². The molecule has 24 heavy (non-hydrogen) atoms. The molecule has 1 aromatic carbocycles. The lowest BCUT2D eigenvalue weighted by Gasteiger charge is -2.03. The number of H-pyrrole nitrogens is 1. The Hall–Kier alpha value is -2.80. The first-order chi connectivity index (χ1) is 11.7. The van der Waals surface area contributed by atoms with Crippen molar-refractivity contribution >= 4 is 21.6 Å². The molecule has 6 nitrogen and oxygen atoms in total. The molecule has 0 fully saturated rings. The maximum atomic E-state index is 12.6. The molecule has 0 bridgehead atoms. The molecule has 120 valence electrons. The highest BCUT2D eigenvalue weighted by molar-refractivity contribution is 7.19. The molecule has 4 rings (SSSR count). The molecule has 0 aliphatic rings. The number of benzene rings is 1. The first-order valence-corrected chi connectivity index (χ1v) is 8.46. The molecule has 0 radical (unpaired) electrons. The summed E-state index contributed by atoms with van der Waals surface area (Å²) < 4.78 is 0. The van der Waals surface area contributed by atoms with E-state index in [1.165, 1.54) is 0 Å². The maximum absolute atomic E-state index is 12.6. The highest BCUT2D eigenvalue weighted by atomic mass is 32.1. The Bertz CT molecular complexity index is 1030. The molecule has 1 N–H and O–H groups in total. The van der Waals surface area contributed by atoms with E-state index < -0.39 is 0 Å². The predicted octanol–water partition coefficient (Wildman–Crippen LogP) is 2.79. The number of thiophene rings is 1. The van der Waals surface area contributed by atoms with Gasteiger partial charge in [-0.2, -0.15) is 15.0 Å². The van der Waals surface area contributed by atoms with Crippen LogP contribution in [-0.2, 0) is 13.0 Å². The number of rotatable bonds is 4. The third-order valence-corrected chi connectivity index (χ3v) is 4.86. The van der Waals surface area contributed by atoms with Crippen LogP contribution in [0.15, 0.2) is 47.5 Å². The lowest BCUT2D eigenvalue weighted by Crippen LogP contribution is -2.14. The van der Waals surface area contributed by atoms with Crippen molar-refractivity contribution in [3.63, 3.8) is 0 Å². The summed E-state index contributed by atoms with van der Waals surface area (Å²) in [4.78, 5) is 23.6. The second-order valence-corrected chi connectivity index (χ2v) is 6.67. The molecule has 0 aliphatic carbocycles. The second-order valence-electron chi connectivity index (χ2n) is 5.47. The molecular formula is C17H15N5OS. The molecular weight excluding hydrogens is 322 g/mol. The molecule has 0 saturated carbocycles. The second kappa shape index (κ2) is 6.01. The molecule has 0 saturated heterocycles. The smallest absolute Gasteiger partial charge is 0.260 e. The van der Waals surface area contributed by atoms with Gasteiger partial charge in [0.1, 0.15) is 10.7 Å². The molecule has 0 aliphatic heterocycles. The Morgan fingerprint density at radius 1 is 1.17 bits per heavy atom. The van der Waals surface area contributed by atoms with Crippen LogP contribution in [0.4, 0.5) is 0 Å². The van der Waals surface area contributed by atoms with E-state index in [-0.39, 0.29) is 5.56 Å². The summed E-state index contributed by atoms with van der Waals surface area (Å²) in [7, 11) is 0. The Kier molecular flexibility index (Phi) is 3.70. The first kappa shape index (κ1) is 14.8. The summed E-state index contributed by atoms with van der Waals surface area (Å²) in [6.45, 7) is 2.61. The van der Waals surface area contributed by atoms with Crippen LogP contribution in [0.5, 0.6) is 0 Å². The van der Waals surface area contributed by atoms with Crippen LogP contribution >= 0.6 is 11.3 Å². The standard InChI is InChI=1S/C17H15N5OS/c1-11-14(12-5-3-2-4-6-12)15-16(23)20-13(21-17(15)24-11)7-10-22-18-8-9-19-22/h2-6,8-9H,7,10H2,1H3,(H,20,21,23). The third kappa shape index (κ3) is 2.63. The summed E-state index contributed by atoms with van der Waals surface area (Å²) in [5, 5.41) is 8.80. The number of hydrogen-bond donors (Lipinski definition) is 1. The minimum atomic E-state index is -0.0911. The Morgan fingerprint density at radius 2 is 1.92 bits per heavy atom. The third-order valence-electron chi connectivity index (χ3n) is 3.86. The van der Waals surface area contributed by atoms with Gasteiger partial charge in [0, 0.05) is 16.9 Å². The van der Waals surface area contributed by atoms with Crippen LogP contribution in [0, 0.1) is 6.92 Å². The minimum absolute atomic E-state index is 0.0911. The number of hydrogen-bond acceptors (Lipinski definition) is 5. The first-order valence-electron chi connectivity index (χ1n) is 7.64. The van der Waals surface area contributed by atoms with Crippen LogP contribution in [0.3, 0.4) is 0 Å². The molecule has 7 heteroatoms. The van der Waals surface area contributed by atoms with Crippen LogP contribution in [0.1, 0.15) is 10.7 Å². The summed E-state index contributed by atoms with van der Waals surface area (Å²) in [5.74, 6) is 0.658. The van der Waals surface area contributed by atoms with Gasteiger partial charge in [0.25, 0.3) is 5.56 Å². The summed E-state index contributed by atoms with van der Waals surface area (Å²) in [6.07, 6.45) is 3.85. The fourth-order valence-electron chi connectivity index (χ4n) is 2.80. The summed E-state index contributed by atoms with van der Waals surface area (Å²) in [5.41, 5.74) is 1.93. The van der Waals surface area contributed by atoms with Crippen molar-refractivity contribution in [2.75, 3.05) is 0 Å². The molecule has 0 spiro atoms. The number of nitrogens with zero attached hydrogens (tertiary/aromatic N) is 4. The van der Waals surface area contributed by atoms with E-state index in [9.17, 15) is 4.79 Å². The van der Waals surface area contributed by atoms with Crippen LogP contribution in [0.2, 0.25) is 0 Å². The fourth-order valence-corrected chi connectivity index (χ4v) is 3.86. The van der Waals surface area contributed by atoms with Crippen molar-refractivity contribution in [1.82, 2.24) is 25.0 Å². The van der Waals surface area contributed by atoms with E-state index in [0.29, 0.717) is 24.2 Å². The van der Waals surface area contributed by atoms with Crippen LogP contribution in [-0.4, -0.2) is 25.0 Å². The van der Waals surface area contributed by atoms with Crippen molar-refractivity contribution in [3.8, 4) is 11.1 Å². The van der Waals surface area contributed by atoms with Gasteiger partial charge in [0.2, 0.25) is 0 Å². The van der Waals surface area contributed by atoms with Gasteiger partial charge in [0.15, 0.2) is 0 Å². The average Bonchev–Trinajstić information content (AvgIpc) is 3.21. The van der Waals surface area contributed by atoms with Crippen molar-refractivity contribution in [2.24, 2.45) is 0 Å². The topological polar surface area (TPSA) is 76.5 Å². The van der Waals surface area contributed by atoms with Crippen molar-refractivity contribution in [3.05, 3.63) is 63.8 Å². The number of fused-ring (bicyclic) bond motifs is 1. The highest BCUT2D eigenvalue weighted by Crippen LogP contribution is 2.35. The van der Waals surface area contributed by atoms with E-state index in [4.69, 9.17) is 0 Å². The molecule has 0 unspecified atom stereocenters. The number of aryl methyl sites for hydroxylation is 3. The number of nitrogens with one attached hydrogen (secondary N) is 1. The monoisotopic (exact) mass is 337 g/mol. The normalized spacial score (nSPS) is 11.2. The minimum Gasteiger partial charge on any atom is -0.310 e. The highest BCUT2D eigenvalue weighted by Gasteiger charge is 2.16. The van der Waals surface area contributed by atoms with Crippen molar-refractivity contribution < 1.29 is 0 Å². The molecule has 3 aromatic heterocycles. The molecule has 3 heterocycles. The van der Waals surface area contributed by atoms with Crippen LogP contribution in [0.25, 0.3) is 21.3 Å². The molecule has 0 amide bonds. The molecule has 0 atom stereocenters. The van der Waals surface area contributed by atoms with E-state index in [1.54, 1.807) is 28.5 Å². The van der Waals surface area contributed by atoms with Crippen LogP contribution < -0.4 is 5.56 Å². The molecule has 4 aromatic rings. The zero-order valence-corrected chi connectivity index (χ0v) is 13.9. The van der Waals surface area contributed by atoms with E-state index in [0.717, 1.165) is 20.8 Å². The Labute approximate surface area is 141 Å². The van der Waals surface area contributed by atoms with Gasteiger partial charge in [-0.15, -0.1) is 11.3 Å². The van der Waals surface area contributed by atoms with Crippen molar-refractivity contribution in [1.29, 1.82) is 0 Å². The van der Waals surface area contributed by atoms with Gasteiger partial charge in [-0.25, -0.2) is 4.98 Å². The Morgan fingerprint density at radius 3 is 2.67 bits per heavy atom. The Balaban J connectivity index is 1.76. The summed E-state index contributed by atoms with van der Waals surface area (Å²) >= 11 is 1.56.